The van der Waals surface area contributed by atoms with Crippen LogP contribution in [0, 0.1) is 18.6 Å². The summed E-state index contributed by atoms with van der Waals surface area (Å²) in [5.41, 5.74) is 0.618. The fourth-order valence-corrected chi connectivity index (χ4v) is 3.56. The molecule has 0 amide bonds. The fourth-order valence-electron chi connectivity index (χ4n) is 2.42. The molecule has 2 heterocycles. The minimum Gasteiger partial charge on any atom is -0.369 e. The summed E-state index contributed by atoms with van der Waals surface area (Å²) in [5, 5.41) is 7.22. The Hall–Kier alpha value is -2.92. The quantitative estimate of drug-likeness (QED) is 0.551. The maximum absolute atomic E-state index is 13.6. The first-order chi connectivity index (χ1) is 13.3. The van der Waals surface area contributed by atoms with Crippen LogP contribution in [0.5, 0.6) is 0 Å². The van der Waals surface area contributed by atoms with Crippen LogP contribution in [0.1, 0.15) is 11.3 Å². The number of aromatic nitrogens is 4. The molecule has 0 unspecified atom stereocenters. The van der Waals surface area contributed by atoms with Crippen molar-refractivity contribution in [3.05, 3.63) is 65.7 Å². The van der Waals surface area contributed by atoms with Crippen molar-refractivity contribution in [2.24, 2.45) is 0 Å². The second-order valence-corrected chi connectivity index (χ2v) is 7.79. The standard InChI is InChI=1S/C17H18F2N6O2S/c1-12-4-7-25(24-12)17-9-16(21-11-22-17)20-5-6-23-28(26,27)10-13-8-14(18)2-3-15(13)19/h2-4,7-9,11,23H,5-6,10H2,1H3,(H,20,21,22). The second-order valence-electron chi connectivity index (χ2n) is 5.98. The largest absolute Gasteiger partial charge is 0.369 e. The van der Waals surface area contributed by atoms with Gasteiger partial charge in [-0.25, -0.2) is 36.6 Å². The van der Waals surface area contributed by atoms with E-state index in [0.717, 1.165) is 23.9 Å². The molecule has 0 aliphatic heterocycles. The van der Waals surface area contributed by atoms with Gasteiger partial charge in [0.2, 0.25) is 10.0 Å². The van der Waals surface area contributed by atoms with Crippen molar-refractivity contribution in [2.75, 3.05) is 18.4 Å². The highest BCUT2D eigenvalue weighted by Gasteiger charge is 2.15. The van der Waals surface area contributed by atoms with E-state index < -0.39 is 27.4 Å². The molecule has 3 aromatic rings. The highest BCUT2D eigenvalue weighted by molar-refractivity contribution is 7.88. The van der Waals surface area contributed by atoms with Crippen molar-refractivity contribution in [1.82, 2.24) is 24.5 Å². The molecular weight excluding hydrogens is 390 g/mol. The van der Waals surface area contributed by atoms with Crippen molar-refractivity contribution in [1.29, 1.82) is 0 Å². The average molecular weight is 408 g/mol. The van der Waals surface area contributed by atoms with E-state index in [-0.39, 0.29) is 18.7 Å². The molecule has 0 aliphatic rings. The number of hydrogen-bond acceptors (Lipinski definition) is 6. The molecule has 148 valence electrons. The first-order valence-corrected chi connectivity index (χ1v) is 9.97. The zero-order valence-corrected chi connectivity index (χ0v) is 15.7. The average Bonchev–Trinajstić information content (AvgIpc) is 3.08. The summed E-state index contributed by atoms with van der Waals surface area (Å²) in [6, 6.07) is 6.21. The van der Waals surface area contributed by atoms with Crippen LogP contribution in [0.3, 0.4) is 0 Å². The van der Waals surface area contributed by atoms with Gasteiger partial charge >= 0.3 is 0 Å². The van der Waals surface area contributed by atoms with Crippen LogP contribution in [0.15, 0.2) is 42.9 Å². The van der Waals surface area contributed by atoms with E-state index in [1.807, 2.05) is 13.0 Å². The SMILES string of the molecule is Cc1ccn(-c2cc(NCCNS(=O)(=O)Cc3cc(F)ccc3F)ncn2)n1. The maximum atomic E-state index is 13.6. The monoisotopic (exact) mass is 408 g/mol. The number of aryl methyl sites for hydroxylation is 1. The molecular formula is C17H18F2N6O2S. The molecule has 11 heteroatoms. The number of anilines is 1. The summed E-state index contributed by atoms with van der Waals surface area (Å²) >= 11 is 0. The Morgan fingerprint density at radius 3 is 2.68 bits per heavy atom. The first-order valence-electron chi connectivity index (χ1n) is 8.32. The summed E-state index contributed by atoms with van der Waals surface area (Å²) in [6.07, 6.45) is 3.13. The Morgan fingerprint density at radius 2 is 1.93 bits per heavy atom. The van der Waals surface area contributed by atoms with Crippen LogP contribution in [-0.2, 0) is 15.8 Å². The number of benzene rings is 1. The van der Waals surface area contributed by atoms with Gasteiger partial charge in [-0.05, 0) is 31.2 Å². The molecule has 3 rings (SSSR count). The summed E-state index contributed by atoms with van der Waals surface area (Å²) in [4.78, 5) is 8.19. The van der Waals surface area contributed by atoms with E-state index in [9.17, 15) is 17.2 Å². The van der Waals surface area contributed by atoms with E-state index in [2.05, 4.69) is 25.1 Å². The van der Waals surface area contributed by atoms with Crippen molar-refractivity contribution in [3.8, 4) is 5.82 Å². The lowest BCUT2D eigenvalue weighted by Gasteiger charge is -2.09. The van der Waals surface area contributed by atoms with E-state index in [0.29, 0.717) is 11.6 Å². The van der Waals surface area contributed by atoms with Crippen LogP contribution < -0.4 is 10.0 Å². The Kier molecular flexibility index (Phi) is 5.95. The Labute approximate surface area is 160 Å². The lowest BCUT2D eigenvalue weighted by atomic mass is 10.2. The van der Waals surface area contributed by atoms with Gasteiger partial charge in [0.15, 0.2) is 5.82 Å². The maximum Gasteiger partial charge on any atom is 0.215 e. The lowest BCUT2D eigenvalue weighted by Crippen LogP contribution is -2.30. The second kappa shape index (κ2) is 8.40. The van der Waals surface area contributed by atoms with Gasteiger partial charge in [0.05, 0.1) is 11.4 Å². The van der Waals surface area contributed by atoms with E-state index in [1.54, 1.807) is 16.9 Å². The molecule has 0 saturated heterocycles. The molecule has 0 radical (unpaired) electrons. The molecule has 2 aromatic heterocycles. The van der Waals surface area contributed by atoms with Gasteiger partial charge in [-0.3, -0.25) is 0 Å². The third kappa shape index (κ3) is 5.30. The van der Waals surface area contributed by atoms with E-state index >= 15 is 0 Å². The number of nitrogens with zero attached hydrogens (tertiary/aromatic N) is 4. The topological polar surface area (TPSA) is 102 Å². The molecule has 8 nitrogen and oxygen atoms in total. The smallest absolute Gasteiger partial charge is 0.215 e. The van der Waals surface area contributed by atoms with Crippen LogP contribution >= 0.6 is 0 Å². The van der Waals surface area contributed by atoms with Crippen molar-refractivity contribution in [3.63, 3.8) is 0 Å². The summed E-state index contributed by atoms with van der Waals surface area (Å²) in [6.45, 7) is 2.14. The Bertz CT molecular complexity index is 1070. The van der Waals surface area contributed by atoms with Crippen LogP contribution in [0.25, 0.3) is 5.82 Å². The molecule has 2 N–H and O–H groups in total. The normalized spacial score (nSPS) is 11.5. The zero-order chi connectivity index (χ0) is 20.1. The molecule has 0 atom stereocenters. The predicted octanol–water partition coefficient (Wildman–Crippen LogP) is 1.78. The molecule has 0 fully saturated rings. The third-order valence-corrected chi connectivity index (χ3v) is 5.05. The number of rotatable bonds is 8. The summed E-state index contributed by atoms with van der Waals surface area (Å²) in [7, 11) is -3.82. The highest BCUT2D eigenvalue weighted by atomic mass is 32.2. The minimum absolute atomic E-state index is 0.0412. The van der Waals surface area contributed by atoms with Crippen LogP contribution in [0.4, 0.5) is 14.6 Å². The van der Waals surface area contributed by atoms with E-state index in [4.69, 9.17) is 0 Å². The number of sulfonamides is 1. The molecule has 0 saturated carbocycles. The van der Waals surface area contributed by atoms with Gasteiger partial charge in [-0.1, -0.05) is 0 Å². The van der Waals surface area contributed by atoms with Crippen LogP contribution in [-0.4, -0.2) is 41.3 Å². The number of hydrogen-bond donors (Lipinski definition) is 2. The van der Waals surface area contributed by atoms with Crippen molar-refractivity contribution >= 4 is 15.8 Å². The Balaban J connectivity index is 1.53. The molecule has 0 spiro atoms. The molecule has 28 heavy (non-hydrogen) atoms. The van der Waals surface area contributed by atoms with Gasteiger partial charge < -0.3 is 5.32 Å². The lowest BCUT2D eigenvalue weighted by molar-refractivity contribution is 0.571. The third-order valence-electron chi connectivity index (χ3n) is 3.72. The predicted molar refractivity (Wildman–Crippen MR) is 99.4 cm³/mol. The number of halogens is 2. The van der Waals surface area contributed by atoms with Gasteiger partial charge in [0, 0.05) is 30.9 Å². The summed E-state index contributed by atoms with van der Waals surface area (Å²) in [5.74, 6) is -1.05. The van der Waals surface area contributed by atoms with Gasteiger partial charge in [0.25, 0.3) is 0 Å². The Morgan fingerprint density at radius 1 is 1.11 bits per heavy atom. The van der Waals surface area contributed by atoms with Gasteiger partial charge in [0.1, 0.15) is 23.8 Å². The zero-order valence-electron chi connectivity index (χ0n) is 14.9. The van der Waals surface area contributed by atoms with Crippen molar-refractivity contribution < 1.29 is 17.2 Å². The van der Waals surface area contributed by atoms with Gasteiger partial charge in [-0.2, -0.15) is 5.10 Å². The minimum atomic E-state index is -3.82. The first kappa shape index (κ1) is 19.8. The highest BCUT2D eigenvalue weighted by Crippen LogP contribution is 2.13. The van der Waals surface area contributed by atoms with Crippen molar-refractivity contribution in [2.45, 2.75) is 12.7 Å². The van der Waals surface area contributed by atoms with E-state index in [1.165, 1.54) is 6.33 Å². The molecule has 0 bridgehead atoms. The fraction of sp³-hybridized carbons (Fsp3) is 0.235. The molecule has 1 aromatic carbocycles. The molecule has 0 aliphatic carbocycles. The summed E-state index contributed by atoms with van der Waals surface area (Å²) < 4.78 is 54.8. The number of nitrogens with one attached hydrogen (secondary N) is 2. The van der Waals surface area contributed by atoms with Crippen LogP contribution in [0.2, 0.25) is 0 Å². The van der Waals surface area contributed by atoms with Gasteiger partial charge in [-0.15, -0.1) is 0 Å².